The molecule has 0 aromatic heterocycles. The Balaban J connectivity index is 3.36. The Morgan fingerprint density at radius 1 is 1.46 bits per heavy atom. The van der Waals surface area contributed by atoms with Crippen molar-refractivity contribution in [2.24, 2.45) is 5.73 Å². The fourth-order valence-electron chi connectivity index (χ4n) is 0.747. The van der Waals surface area contributed by atoms with E-state index in [1.165, 1.54) is 0 Å². The largest absolute Gasteiger partial charge is 0.359 e. The topological polar surface area (TPSA) is 84.2 Å². The first-order chi connectivity index (χ1) is 6.07. The van der Waals surface area contributed by atoms with Crippen LogP contribution in [0.25, 0.3) is 0 Å². The van der Waals surface area contributed by atoms with E-state index in [2.05, 4.69) is 10.6 Å². The SMILES string of the molecule is CNC(=O)CCCNC(=O)C(C)N. The summed E-state index contributed by atoms with van der Waals surface area (Å²) in [6, 6.07) is -0.486. The fourth-order valence-corrected chi connectivity index (χ4v) is 0.747. The van der Waals surface area contributed by atoms with Crippen LogP contribution >= 0.6 is 0 Å². The molecule has 4 N–H and O–H groups in total. The summed E-state index contributed by atoms with van der Waals surface area (Å²) in [4.78, 5) is 21.7. The van der Waals surface area contributed by atoms with Crippen LogP contribution in [0.3, 0.4) is 0 Å². The first-order valence-corrected chi connectivity index (χ1v) is 4.31. The number of amides is 2. The number of nitrogens with one attached hydrogen (secondary N) is 2. The highest BCUT2D eigenvalue weighted by molar-refractivity contribution is 5.81. The van der Waals surface area contributed by atoms with E-state index in [-0.39, 0.29) is 11.8 Å². The zero-order valence-electron chi connectivity index (χ0n) is 8.09. The lowest BCUT2D eigenvalue weighted by Crippen LogP contribution is -2.38. The molecule has 0 radical (unpaired) electrons. The van der Waals surface area contributed by atoms with Gasteiger partial charge in [0.2, 0.25) is 11.8 Å². The monoisotopic (exact) mass is 187 g/mol. The van der Waals surface area contributed by atoms with Gasteiger partial charge in [-0.15, -0.1) is 0 Å². The molecular formula is C8H17N3O2. The molecule has 0 saturated carbocycles. The molecule has 0 aromatic rings. The van der Waals surface area contributed by atoms with Gasteiger partial charge in [-0.3, -0.25) is 9.59 Å². The van der Waals surface area contributed by atoms with Crippen LogP contribution in [0.5, 0.6) is 0 Å². The van der Waals surface area contributed by atoms with E-state index in [0.717, 1.165) is 0 Å². The van der Waals surface area contributed by atoms with Crippen LogP contribution in [-0.4, -0.2) is 31.4 Å². The van der Waals surface area contributed by atoms with Crippen molar-refractivity contribution in [2.45, 2.75) is 25.8 Å². The van der Waals surface area contributed by atoms with Crippen molar-refractivity contribution in [1.82, 2.24) is 10.6 Å². The van der Waals surface area contributed by atoms with Crippen LogP contribution in [-0.2, 0) is 9.59 Å². The molecule has 0 rings (SSSR count). The molecular weight excluding hydrogens is 170 g/mol. The number of carbonyl (C=O) groups is 2. The summed E-state index contributed by atoms with van der Waals surface area (Å²) in [7, 11) is 1.59. The summed E-state index contributed by atoms with van der Waals surface area (Å²) in [6.07, 6.45) is 1.06. The minimum absolute atomic E-state index is 0.0185. The minimum atomic E-state index is -0.486. The molecule has 13 heavy (non-hydrogen) atoms. The molecule has 5 heteroatoms. The van der Waals surface area contributed by atoms with E-state index in [9.17, 15) is 9.59 Å². The quantitative estimate of drug-likeness (QED) is 0.481. The second-order valence-electron chi connectivity index (χ2n) is 2.86. The molecule has 1 unspecified atom stereocenters. The minimum Gasteiger partial charge on any atom is -0.359 e. The molecule has 0 spiro atoms. The van der Waals surface area contributed by atoms with Gasteiger partial charge in [0.1, 0.15) is 0 Å². The Hall–Kier alpha value is -1.10. The van der Waals surface area contributed by atoms with Crippen LogP contribution in [0.15, 0.2) is 0 Å². The first kappa shape index (κ1) is 11.9. The van der Waals surface area contributed by atoms with E-state index in [4.69, 9.17) is 5.73 Å². The number of carbonyl (C=O) groups excluding carboxylic acids is 2. The van der Waals surface area contributed by atoms with E-state index >= 15 is 0 Å². The van der Waals surface area contributed by atoms with Gasteiger partial charge in [-0.05, 0) is 13.3 Å². The van der Waals surface area contributed by atoms with Crippen molar-refractivity contribution in [1.29, 1.82) is 0 Å². The highest BCUT2D eigenvalue weighted by atomic mass is 16.2. The summed E-state index contributed by atoms with van der Waals surface area (Å²) in [5.74, 6) is -0.202. The van der Waals surface area contributed by atoms with Gasteiger partial charge >= 0.3 is 0 Å². The maximum atomic E-state index is 10.9. The number of hydrogen-bond acceptors (Lipinski definition) is 3. The zero-order valence-corrected chi connectivity index (χ0v) is 8.09. The van der Waals surface area contributed by atoms with Crippen LogP contribution in [0.2, 0.25) is 0 Å². The van der Waals surface area contributed by atoms with Crippen molar-refractivity contribution in [3.8, 4) is 0 Å². The van der Waals surface area contributed by atoms with Crippen LogP contribution in [0.4, 0.5) is 0 Å². The molecule has 0 saturated heterocycles. The third-order valence-corrected chi connectivity index (χ3v) is 1.57. The predicted octanol–water partition coefficient (Wildman–Crippen LogP) is -1.02. The van der Waals surface area contributed by atoms with Crippen LogP contribution in [0.1, 0.15) is 19.8 Å². The van der Waals surface area contributed by atoms with E-state index in [1.807, 2.05) is 0 Å². The number of hydrogen-bond donors (Lipinski definition) is 3. The summed E-state index contributed by atoms with van der Waals surface area (Å²) < 4.78 is 0. The van der Waals surface area contributed by atoms with Gasteiger partial charge in [0.05, 0.1) is 6.04 Å². The van der Waals surface area contributed by atoms with E-state index < -0.39 is 6.04 Å². The van der Waals surface area contributed by atoms with Gasteiger partial charge in [0.15, 0.2) is 0 Å². The van der Waals surface area contributed by atoms with Crippen LogP contribution in [0, 0.1) is 0 Å². The average Bonchev–Trinajstić information content (AvgIpc) is 2.11. The molecule has 2 amide bonds. The lowest BCUT2D eigenvalue weighted by Gasteiger charge is -2.06. The maximum Gasteiger partial charge on any atom is 0.236 e. The van der Waals surface area contributed by atoms with Crippen molar-refractivity contribution in [2.75, 3.05) is 13.6 Å². The van der Waals surface area contributed by atoms with Gasteiger partial charge in [-0.25, -0.2) is 0 Å². The Labute approximate surface area is 78.1 Å². The molecule has 1 atom stereocenters. The normalized spacial score (nSPS) is 11.9. The van der Waals surface area contributed by atoms with Gasteiger partial charge in [-0.1, -0.05) is 0 Å². The lowest BCUT2D eigenvalue weighted by molar-refractivity contribution is -0.123. The highest BCUT2D eigenvalue weighted by Crippen LogP contribution is 1.86. The van der Waals surface area contributed by atoms with Gasteiger partial charge in [-0.2, -0.15) is 0 Å². The molecule has 0 aliphatic carbocycles. The second kappa shape index (κ2) is 6.42. The van der Waals surface area contributed by atoms with Gasteiger partial charge < -0.3 is 16.4 Å². The standard InChI is InChI=1S/C8H17N3O2/c1-6(9)8(13)11-5-3-4-7(12)10-2/h6H,3-5,9H2,1-2H3,(H,10,12)(H,11,13). The van der Waals surface area contributed by atoms with Crippen molar-refractivity contribution in [3.05, 3.63) is 0 Å². The Kier molecular flexibility index (Phi) is 5.88. The Morgan fingerprint density at radius 3 is 2.54 bits per heavy atom. The summed E-state index contributed by atoms with van der Waals surface area (Å²) in [6.45, 7) is 2.11. The van der Waals surface area contributed by atoms with Crippen molar-refractivity contribution >= 4 is 11.8 Å². The molecule has 5 nitrogen and oxygen atoms in total. The van der Waals surface area contributed by atoms with Crippen LogP contribution < -0.4 is 16.4 Å². The predicted molar refractivity (Wildman–Crippen MR) is 50.0 cm³/mol. The molecule has 0 bridgehead atoms. The van der Waals surface area contributed by atoms with Crippen molar-refractivity contribution < 1.29 is 9.59 Å². The maximum absolute atomic E-state index is 10.9. The lowest BCUT2D eigenvalue weighted by atomic mass is 10.3. The molecule has 0 aliphatic heterocycles. The molecule has 0 aliphatic rings. The number of nitrogens with two attached hydrogens (primary N) is 1. The summed E-state index contributed by atoms with van der Waals surface area (Å²) in [5, 5.41) is 5.12. The summed E-state index contributed by atoms with van der Waals surface area (Å²) >= 11 is 0. The third kappa shape index (κ3) is 6.10. The van der Waals surface area contributed by atoms with Crippen molar-refractivity contribution in [3.63, 3.8) is 0 Å². The zero-order chi connectivity index (χ0) is 10.3. The van der Waals surface area contributed by atoms with Gasteiger partial charge in [0.25, 0.3) is 0 Å². The smallest absolute Gasteiger partial charge is 0.236 e. The average molecular weight is 187 g/mol. The highest BCUT2D eigenvalue weighted by Gasteiger charge is 2.05. The first-order valence-electron chi connectivity index (χ1n) is 4.31. The molecule has 0 aromatic carbocycles. The number of rotatable bonds is 5. The van der Waals surface area contributed by atoms with E-state index in [0.29, 0.717) is 19.4 Å². The molecule has 76 valence electrons. The molecule has 0 fully saturated rings. The van der Waals surface area contributed by atoms with Gasteiger partial charge in [0, 0.05) is 20.0 Å². The second-order valence-corrected chi connectivity index (χ2v) is 2.86. The third-order valence-electron chi connectivity index (χ3n) is 1.57. The fraction of sp³-hybridized carbons (Fsp3) is 0.750. The van der Waals surface area contributed by atoms with E-state index in [1.54, 1.807) is 14.0 Å². The summed E-state index contributed by atoms with van der Waals surface area (Å²) in [5.41, 5.74) is 5.31. The Morgan fingerprint density at radius 2 is 2.08 bits per heavy atom. The Bertz CT molecular complexity index is 180. The molecule has 0 heterocycles.